The predicted octanol–water partition coefficient (Wildman–Crippen LogP) is 17.9. The Balaban J connectivity index is 0.930. The molecule has 0 atom stereocenters. The summed E-state index contributed by atoms with van der Waals surface area (Å²) >= 11 is 2.05. The quantitative estimate of drug-likeness (QED) is 0.158. The van der Waals surface area contributed by atoms with Crippen LogP contribution < -0.4 is 65.7 Å². The van der Waals surface area contributed by atoms with Crippen LogP contribution in [0.25, 0.3) is 21.5 Å². The van der Waals surface area contributed by atoms with Gasteiger partial charge in [-0.1, -0.05) is 170 Å². The Morgan fingerprint density at radius 2 is 0.618 bits per heavy atom. The normalized spacial score (nSPS) is 14.2. The standard InChI is InChI=1S/C79H49B2N7S/c1-48-42-67-70-74-72(48)83(55-32-10-4-11-33-55)59-36-18-20-38-61(59)85(74)65-45-51-26-16-14-24-49(51)43-57(65)80(70)78-76-77-79(89-78)81-58-44-50-25-15-17-27-52(50)46-66(58)86-62-39-21-19-37-60(62)84(56-34-12-5-13-35-56)73-69(82(53-28-6-2-7-29-53)54-30-8-3-9-31-54)47-68(71(81)75(73)86)88(77)64-41-23-22-40-63(64)87(67)76/h2-47H,1H3. The number of aryl methyl sites for hydroxylation is 1. The van der Waals surface area contributed by atoms with Gasteiger partial charge < -0.3 is 34.3 Å². The van der Waals surface area contributed by atoms with Crippen LogP contribution >= 0.6 is 11.3 Å². The average Bonchev–Trinajstić information content (AvgIpc) is 1.65. The number of rotatable bonds is 5. The van der Waals surface area contributed by atoms with Crippen molar-refractivity contribution in [1.29, 1.82) is 0 Å². The number of fused-ring (bicyclic) bond motifs is 19. The molecule has 0 spiro atoms. The molecule has 14 aromatic rings. The van der Waals surface area contributed by atoms with E-state index in [1.807, 2.05) is 0 Å². The Morgan fingerprint density at radius 1 is 0.281 bits per heavy atom. The number of hydrogen-bond acceptors (Lipinski definition) is 8. The van der Waals surface area contributed by atoms with E-state index in [0.29, 0.717) is 0 Å². The van der Waals surface area contributed by atoms with Crippen molar-refractivity contribution < 1.29 is 0 Å². The van der Waals surface area contributed by atoms with Gasteiger partial charge in [-0.25, -0.2) is 0 Å². The molecular formula is C79H49B2N7S. The average molecular weight is 1150 g/mol. The Morgan fingerprint density at radius 3 is 1.06 bits per heavy atom. The first-order chi connectivity index (χ1) is 44.1. The Hall–Kier alpha value is -11.2. The van der Waals surface area contributed by atoms with E-state index in [-0.39, 0.29) is 13.4 Å². The first-order valence-electron chi connectivity index (χ1n) is 30.8. The molecule has 21 rings (SSSR count). The largest absolute Gasteiger partial charge is 0.308 e. The van der Waals surface area contributed by atoms with Gasteiger partial charge >= 0.3 is 0 Å². The molecule has 7 aliphatic rings. The van der Waals surface area contributed by atoms with Crippen LogP contribution in [0.15, 0.2) is 279 Å². The third-order valence-corrected chi connectivity index (χ3v) is 21.2. The van der Waals surface area contributed by atoms with Crippen molar-refractivity contribution in [2.45, 2.75) is 6.92 Å². The minimum atomic E-state index is -0.155. The zero-order valence-electron chi connectivity index (χ0n) is 48.3. The summed E-state index contributed by atoms with van der Waals surface area (Å²) in [6, 6.07) is 105. The van der Waals surface area contributed by atoms with Crippen LogP contribution in [-0.4, -0.2) is 13.4 Å². The molecular weight excluding hydrogens is 1100 g/mol. The monoisotopic (exact) mass is 1150 g/mol. The van der Waals surface area contributed by atoms with Crippen LogP contribution in [0.3, 0.4) is 0 Å². The lowest BCUT2D eigenvalue weighted by Gasteiger charge is -2.52. The topological polar surface area (TPSA) is 22.7 Å². The van der Waals surface area contributed by atoms with Gasteiger partial charge in [-0.3, -0.25) is 0 Å². The highest BCUT2D eigenvalue weighted by Gasteiger charge is 2.57. The van der Waals surface area contributed by atoms with Crippen molar-refractivity contribution in [3.8, 4) is 0 Å². The molecule has 0 amide bonds. The Labute approximate surface area is 519 Å². The SMILES string of the molecule is Cc1cc2c3c4c1N(c1ccccc1)c1ccccc1N4c1cc4ccccc4cc1B3c1sc3c4c1N2c1ccccc1N4c1cc(N(c2ccccc2)c2ccccc2)c2c4c1B3c1cc3ccccc3cc1N4c1ccccc1N2c1ccccc1. The molecule has 1 aromatic heterocycles. The van der Waals surface area contributed by atoms with Crippen LogP contribution in [0.1, 0.15) is 5.56 Å². The van der Waals surface area contributed by atoms with Crippen LogP contribution in [0.5, 0.6) is 0 Å². The second-order valence-corrected chi connectivity index (χ2v) is 25.5. The molecule has 0 fully saturated rings. The number of benzene rings is 13. The molecule has 8 heterocycles. The minimum absolute atomic E-state index is 0.108. The first kappa shape index (κ1) is 48.0. The van der Waals surface area contributed by atoms with Crippen molar-refractivity contribution in [3.05, 3.63) is 285 Å². The lowest BCUT2D eigenvalue weighted by molar-refractivity contribution is 1.13. The predicted molar refractivity (Wildman–Crippen MR) is 377 cm³/mol. The van der Waals surface area contributed by atoms with E-state index in [9.17, 15) is 0 Å². The third-order valence-electron chi connectivity index (χ3n) is 19.9. The van der Waals surface area contributed by atoms with Crippen molar-refractivity contribution in [3.63, 3.8) is 0 Å². The number of para-hydroxylation sites is 10. The summed E-state index contributed by atoms with van der Waals surface area (Å²) in [4.78, 5) is 18.3. The molecule has 0 N–H and O–H groups in total. The fraction of sp³-hybridized carbons (Fsp3) is 0.0127. The molecule has 13 aromatic carbocycles. The summed E-state index contributed by atoms with van der Waals surface area (Å²) in [7, 11) is 0. The summed E-state index contributed by atoms with van der Waals surface area (Å²) in [5.41, 5.74) is 31.1. The van der Waals surface area contributed by atoms with E-state index in [4.69, 9.17) is 0 Å². The lowest BCUT2D eigenvalue weighted by atomic mass is 9.34. The van der Waals surface area contributed by atoms with E-state index in [1.54, 1.807) is 0 Å². The lowest BCUT2D eigenvalue weighted by Crippen LogP contribution is -2.61. The number of hydrogen-bond donors (Lipinski definition) is 0. The van der Waals surface area contributed by atoms with Gasteiger partial charge in [0.15, 0.2) is 0 Å². The molecule has 0 saturated heterocycles. The summed E-state index contributed by atoms with van der Waals surface area (Å²) in [5, 5.41) is 4.93. The number of anilines is 21. The molecule has 7 aliphatic heterocycles. The molecule has 7 nitrogen and oxygen atoms in total. The van der Waals surface area contributed by atoms with Gasteiger partial charge in [0.05, 0.1) is 73.9 Å². The van der Waals surface area contributed by atoms with Gasteiger partial charge in [-0.15, -0.1) is 0 Å². The van der Waals surface area contributed by atoms with E-state index in [0.717, 1.165) is 56.9 Å². The van der Waals surface area contributed by atoms with E-state index in [2.05, 4.69) is 332 Å². The molecule has 0 aliphatic carbocycles. The molecule has 89 heavy (non-hydrogen) atoms. The van der Waals surface area contributed by atoms with Crippen LogP contribution in [0.2, 0.25) is 0 Å². The summed E-state index contributed by atoms with van der Waals surface area (Å²) in [6.07, 6.45) is 0. The van der Waals surface area contributed by atoms with Gasteiger partial charge in [-0.05, 0) is 165 Å². The van der Waals surface area contributed by atoms with Crippen molar-refractivity contribution >= 4 is 197 Å². The molecule has 0 unspecified atom stereocenters. The first-order valence-corrected chi connectivity index (χ1v) is 31.6. The molecule has 0 saturated carbocycles. The molecule has 10 heteroatoms. The van der Waals surface area contributed by atoms with Crippen molar-refractivity contribution in [2.24, 2.45) is 0 Å². The number of nitrogens with zero attached hydrogens (tertiary/aromatic N) is 7. The molecule has 0 bridgehead atoms. The van der Waals surface area contributed by atoms with Gasteiger partial charge in [0, 0.05) is 55.1 Å². The van der Waals surface area contributed by atoms with Crippen LogP contribution in [-0.2, 0) is 0 Å². The zero-order chi connectivity index (χ0) is 57.9. The maximum atomic E-state index is 2.71. The highest BCUT2D eigenvalue weighted by molar-refractivity contribution is 7.39. The third kappa shape index (κ3) is 6.18. The maximum absolute atomic E-state index is 2.71. The summed E-state index contributed by atoms with van der Waals surface area (Å²) < 4.78 is 2.73. The number of thiophene rings is 1. The van der Waals surface area contributed by atoms with Gasteiger partial charge in [0.1, 0.15) is 0 Å². The fourth-order valence-electron chi connectivity index (χ4n) is 16.5. The molecule has 412 valence electrons. The summed E-state index contributed by atoms with van der Waals surface area (Å²) in [6.45, 7) is 2.08. The Bertz CT molecular complexity index is 5390. The van der Waals surface area contributed by atoms with E-state index < -0.39 is 0 Å². The maximum Gasteiger partial charge on any atom is 0.264 e. The van der Waals surface area contributed by atoms with Gasteiger partial charge in [0.2, 0.25) is 0 Å². The van der Waals surface area contributed by atoms with E-state index in [1.165, 1.54) is 121 Å². The minimum Gasteiger partial charge on any atom is -0.308 e. The smallest absolute Gasteiger partial charge is 0.264 e. The van der Waals surface area contributed by atoms with Gasteiger partial charge in [-0.2, -0.15) is 11.3 Å². The molecule has 0 radical (unpaired) electrons. The highest BCUT2D eigenvalue weighted by atomic mass is 32.1. The summed E-state index contributed by atoms with van der Waals surface area (Å²) in [5.74, 6) is 0. The van der Waals surface area contributed by atoms with Crippen molar-refractivity contribution in [2.75, 3.05) is 34.3 Å². The van der Waals surface area contributed by atoms with Crippen LogP contribution in [0, 0.1) is 6.92 Å². The Kier molecular flexibility index (Phi) is 9.44. The zero-order valence-corrected chi connectivity index (χ0v) is 49.1. The highest BCUT2D eigenvalue weighted by Crippen LogP contribution is 2.66. The van der Waals surface area contributed by atoms with Gasteiger partial charge in [0.25, 0.3) is 13.4 Å². The van der Waals surface area contributed by atoms with Crippen LogP contribution in [0.4, 0.5) is 119 Å². The van der Waals surface area contributed by atoms with E-state index >= 15 is 0 Å². The second kappa shape index (κ2) is 17.5. The fourth-order valence-corrected chi connectivity index (χ4v) is 18.0. The second-order valence-electron chi connectivity index (χ2n) is 24.4. The van der Waals surface area contributed by atoms with Crippen molar-refractivity contribution in [1.82, 2.24) is 0 Å².